The second-order valence-electron chi connectivity index (χ2n) is 3.48. The summed E-state index contributed by atoms with van der Waals surface area (Å²) in [6.07, 6.45) is 0. The number of halogens is 2. The van der Waals surface area contributed by atoms with Gasteiger partial charge in [0.05, 0.1) is 10.0 Å². The van der Waals surface area contributed by atoms with Gasteiger partial charge in [0, 0.05) is 26.6 Å². The zero-order valence-corrected chi connectivity index (χ0v) is 12.6. The first-order valence-electron chi connectivity index (χ1n) is 5.94. The van der Waals surface area contributed by atoms with Crippen LogP contribution < -0.4 is 5.73 Å². The molecule has 0 heterocycles. The highest BCUT2D eigenvalue weighted by atomic mass is 35.5. The number of rotatable bonds is 4. The third kappa shape index (κ3) is 5.71. The molecule has 18 heavy (non-hydrogen) atoms. The summed E-state index contributed by atoms with van der Waals surface area (Å²) >= 11 is 11.7. The van der Waals surface area contributed by atoms with Gasteiger partial charge in [-0.25, -0.2) is 0 Å². The van der Waals surface area contributed by atoms with Crippen molar-refractivity contribution in [1.82, 2.24) is 4.90 Å². The summed E-state index contributed by atoms with van der Waals surface area (Å²) in [7, 11) is 0. The van der Waals surface area contributed by atoms with Crippen LogP contribution in [0.25, 0.3) is 0 Å². The maximum Gasteiger partial charge on any atom is 0.219 e. The predicted octanol–water partition coefficient (Wildman–Crippen LogP) is 3.33. The standard InChI is InChI=1S/C11H14Cl2N2O.C2H6/c1-8(16)15(5-4-14)7-9-2-3-10(12)11(13)6-9;1-2/h2-3,6H,4-5,7,14H2,1H3;1-2H3. The van der Waals surface area contributed by atoms with E-state index in [0.717, 1.165) is 5.56 Å². The molecule has 0 aliphatic carbocycles. The maximum absolute atomic E-state index is 11.3. The number of amides is 1. The van der Waals surface area contributed by atoms with Crippen molar-refractivity contribution in [3.05, 3.63) is 33.8 Å². The Bertz CT molecular complexity index is 383. The average molecular weight is 291 g/mol. The quantitative estimate of drug-likeness (QED) is 0.925. The summed E-state index contributed by atoms with van der Waals surface area (Å²) in [5.74, 6) is -0.00322. The van der Waals surface area contributed by atoms with E-state index < -0.39 is 0 Å². The van der Waals surface area contributed by atoms with E-state index in [1.165, 1.54) is 6.92 Å². The molecule has 0 unspecified atom stereocenters. The van der Waals surface area contributed by atoms with Gasteiger partial charge in [-0.3, -0.25) is 4.79 Å². The molecule has 1 aromatic carbocycles. The van der Waals surface area contributed by atoms with Crippen LogP contribution in [0.15, 0.2) is 18.2 Å². The molecule has 0 saturated carbocycles. The molecule has 0 aliphatic rings. The average Bonchev–Trinajstić information content (AvgIpc) is 2.35. The normalized spacial score (nSPS) is 9.44. The van der Waals surface area contributed by atoms with Gasteiger partial charge in [0.15, 0.2) is 0 Å². The molecule has 0 bridgehead atoms. The zero-order chi connectivity index (χ0) is 14.1. The topological polar surface area (TPSA) is 46.3 Å². The van der Waals surface area contributed by atoms with Gasteiger partial charge in [0.25, 0.3) is 0 Å². The molecular weight excluding hydrogens is 271 g/mol. The highest BCUT2D eigenvalue weighted by molar-refractivity contribution is 6.42. The van der Waals surface area contributed by atoms with Gasteiger partial charge in [0.2, 0.25) is 5.91 Å². The molecule has 1 aromatic rings. The lowest BCUT2D eigenvalue weighted by molar-refractivity contribution is -0.129. The minimum Gasteiger partial charge on any atom is -0.337 e. The largest absolute Gasteiger partial charge is 0.337 e. The van der Waals surface area contributed by atoms with Crippen LogP contribution in [-0.4, -0.2) is 23.9 Å². The number of carbonyl (C=O) groups excluding carboxylic acids is 1. The lowest BCUT2D eigenvalue weighted by Crippen LogP contribution is -2.33. The minimum absolute atomic E-state index is 0.00322. The number of hydrogen-bond acceptors (Lipinski definition) is 2. The SMILES string of the molecule is CC.CC(=O)N(CCN)Cc1ccc(Cl)c(Cl)c1. The maximum atomic E-state index is 11.3. The van der Waals surface area contributed by atoms with Crippen LogP contribution in [0, 0.1) is 0 Å². The first-order chi connectivity index (χ1) is 8.54. The smallest absolute Gasteiger partial charge is 0.219 e. The third-order valence-electron chi connectivity index (χ3n) is 2.20. The van der Waals surface area contributed by atoms with E-state index in [4.69, 9.17) is 28.9 Å². The minimum atomic E-state index is -0.00322. The van der Waals surface area contributed by atoms with Crippen LogP contribution in [0.1, 0.15) is 26.3 Å². The van der Waals surface area contributed by atoms with Crippen molar-refractivity contribution in [2.45, 2.75) is 27.3 Å². The molecule has 2 N–H and O–H groups in total. The fraction of sp³-hybridized carbons (Fsp3) is 0.462. The molecule has 102 valence electrons. The summed E-state index contributed by atoms with van der Waals surface area (Å²) in [5.41, 5.74) is 6.38. The monoisotopic (exact) mass is 290 g/mol. The van der Waals surface area contributed by atoms with E-state index in [1.54, 1.807) is 17.0 Å². The van der Waals surface area contributed by atoms with Crippen molar-refractivity contribution in [3.63, 3.8) is 0 Å². The Morgan fingerprint density at radius 3 is 2.33 bits per heavy atom. The molecule has 1 rings (SSSR count). The van der Waals surface area contributed by atoms with Gasteiger partial charge >= 0.3 is 0 Å². The van der Waals surface area contributed by atoms with Gasteiger partial charge < -0.3 is 10.6 Å². The van der Waals surface area contributed by atoms with E-state index >= 15 is 0 Å². The van der Waals surface area contributed by atoms with Gasteiger partial charge in [0.1, 0.15) is 0 Å². The lowest BCUT2D eigenvalue weighted by Gasteiger charge is -2.20. The Morgan fingerprint density at radius 2 is 1.89 bits per heavy atom. The lowest BCUT2D eigenvalue weighted by atomic mass is 10.2. The Balaban J connectivity index is 0.00000137. The molecule has 3 nitrogen and oxygen atoms in total. The van der Waals surface area contributed by atoms with Crippen molar-refractivity contribution in [1.29, 1.82) is 0 Å². The molecule has 1 amide bonds. The fourth-order valence-electron chi connectivity index (χ4n) is 1.36. The Morgan fingerprint density at radius 1 is 1.28 bits per heavy atom. The van der Waals surface area contributed by atoms with E-state index in [2.05, 4.69) is 0 Å². The van der Waals surface area contributed by atoms with Crippen LogP contribution in [0.5, 0.6) is 0 Å². The summed E-state index contributed by atoms with van der Waals surface area (Å²) < 4.78 is 0. The first kappa shape index (κ1) is 17.2. The Kier molecular flexibility index (Phi) is 8.81. The third-order valence-corrected chi connectivity index (χ3v) is 2.94. The second-order valence-corrected chi connectivity index (χ2v) is 4.29. The van der Waals surface area contributed by atoms with Crippen molar-refractivity contribution < 1.29 is 4.79 Å². The highest BCUT2D eigenvalue weighted by Gasteiger charge is 2.09. The van der Waals surface area contributed by atoms with Gasteiger partial charge in [-0.2, -0.15) is 0 Å². The van der Waals surface area contributed by atoms with E-state index in [9.17, 15) is 4.79 Å². The van der Waals surface area contributed by atoms with Crippen molar-refractivity contribution in [2.75, 3.05) is 13.1 Å². The fourth-order valence-corrected chi connectivity index (χ4v) is 1.68. The van der Waals surface area contributed by atoms with Crippen LogP contribution in [0.2, 0.25) is 10.0 Å². The first-order valence-corrected chi connectivity index (χ1v) is 6.69. The molecule has 0 spiro atoms. The van der Waals surface area contributed by atoms with E-state index in [-0.39, 0.29) is 5.91 Å². The molecule has 0 aliphatic heterocycles. The van der Waals surface area contributed by atoms with Crippen LogP contribution in [0.3, 0.4) is 0 Å². The van der Waals surface area contributed by atoms with Crippen molar-refractivity contribution in [2.24, 2.45) is 5.73 Å². The number of benzene rings is 1. The Labute approximate surface area is 119 Å². The van der Waals surface area contributed by atoms with E-state index in [0.29, 0.717) is 29.7 Å². The molecule has 0 fully saturated rings. The highest BCUT2D eigenvalue weighted by Crippen LogP contribution is 2.23. The van der Waals surface area contributed by atoms with Crippen LogP contribution >= 0.6 is 23.2 Å². The summed E-state index contributed by atoms with van der Waals surface area (Å²) in [6, 6.07) is 5.33. The summed E-state index contributed by atoms with van der Waals surface area (Å²) in [6.45, 7) is 7.01. The summed E-state index contributed by atoms with van der Waals surface area (Å²) in [4.78, 5) is 13.0. The van der Waals surface area contributed by atoms with Gasteiger partial charge in [-0.1, -0.05) is 43.1 Å². The number of nitrogens with zero attached hydrogens (tertiary/aromatic N) is 1. The molecule has 0 radical (unpaired) electrons. The van der Waals surface area contributed by atoms with Gasteiger partial charge in [-0.15, -0.1) is 0 Å². The van der Waals surface area contributed by atoms with Crippen LogP contribution in [0.4, 0.5) is 0 Å². The molecule has 0 aromatic heterocycles. The zero-order valence-electron chi connectivity index (χ0n) is 11.0. The van der Waals surface area contributed by atoms with Gasteiger partial charge in [-0.05, 0) is 17.7 Å². The predicted molar refractivity (Wildman–Crippen MR) is 78.0 cm³/mol. The second kappa shape index (κ2) is 9.20. The molecular formula is C13H20Cl2N2O. The van der Waals surface area contributed by atoms with Crippen LogP contribution in [-0.2, 0) is 11.3 Å². The van der Waals surface area contributed by atoms with Crippen molar-refractivity contribution in [3.8, 4) is 0 Å². The number of carbonyl (C=O) groups is 1. The van der Waals surface area contributed by atoms with Crippen molar-refractivity contribution >= 4 is 29.1 Å². The van der Waals surface area contributed by atoms with E-state index in [1.807, 2.05) is 19.9 Å². The Hall–Kier alpha value is -0.770. The molecule has 0 saturated heterocycles. The number of nitrogens with two attached hydrogens (primary N) is 1. The summed E-state index contributed by atoms with van der Waals surface area (Å²) in [5, 5.41) is 1.01. The molecule has 0 atom stereocenters. The molecule has 5 heteroatoms. The number of hydrogen-bond donors (Lipinski definition) is 1.